The summed E-state index contributed by atoms with van der Waals surface area (Å²) in [4.78, 5) is 4.29. The minimum atomic E-state index is 0.296. The number of piperidine rings is 1. The molecule has 3 rings (SSSR count). The third-order valence-corrected chi connectivity index (χ3v) is 3.50. The Morgan fingerprint density at radius 1 is 1.60 bits per heavy atom. The second-order valence-corrected chi connectivity index (χ2v) is 4.61. The lowest BCUT2D eigenvalue weighted by atomic mass is 10.1. The van der Waals surface area contributed by atoms with Crippen molar-refractivity contribution in [2.45, 2.75) is 13.3 Å². The van der Waals surface area contributed by atoms with Gasteiger partial charge >= 0.3 is 0 Å². The Hall–Kier alpha value is -1.33. The quantitative estimate of drug-likeness (QED) is 0.636. The lowest BCUT2D eigenvalue weighted by Crippen LogP contribution is -2.14. The summed E-state index contributed by atoms with van der Waals surface area (Å²) in [7, 11) is 0. The normalized spacial score (nSPS) is 31.7. The van der Waals surface area contributed by atoms with E-state index >= 15 is 0 Å². The molecule has 1 saturated heterocycles. The monoisotopic (exact) mass is 198 g/mol. The molecule has 2 fully saturated rings. The first kappa shape index (κ1) is 8.94. The summed E-state index contributed by atoms with van der Waals surface area (Å²) in [5.74, 6) is 7.45. The maximum Gasteiger partial charge on any atom is 0.116 e. The van der Waals surface area contributed by atoms with E-state index in [9.17, 15) is 0 Å². The van der Waals surface area contributed by atoms with Crippen LogP contribution in [0.5, 0.6) is 0 Å². The fourth-order valence-electron chi connectivity index (χ4n) is 2.33. The molecule has 2 heterocycles. The van der Waals surface area contributed by atoms with E-state index in [1.165, 1.54) is 12.0 Å². The van der Waals surface area contributed by atoms with Crippen molar-refractivity contribution in [3.8, 4) is 11.8 Å². The lowest BCUT2D eigenvalue weighted by molar-refractivity contribution is 0.666. The molecule has 0 amide bonds. The Morgan fingerprint density at radius 2 is 2.53 bits per heavy atom. The fourth-order valence-corrected chi connectivity index (χ4v) is 2.33. The average molecular weight is 198 g/mol. The highest BCUT2D eigenvalue weighted by Crippen LogP contribution is 2.54. The molecule has 2 unspecified atom stereocenters. The topological polar surface area (TPSA) is 24.9 Å². The molecule has 0 radical (unpaired) electrons. The number of hydrogen-bond donors (Lipinski definition) is 1. The van der Waals surface area contributed by atoms with E-state index in [0.717, 1.165) is 24.7 Å². The number of aryl methyl sites for hydroxylation is 1. The highest BCUT2D eigenvalue weighted by atomic mass is 15.0. The molecular formula is C13H14N2. The van der Waals surface area contributed by atoms with Crippen molar-refractivity contribution in [3.63, 3.8) is 0 Å². The van der Waals surface area contributed by atoms with Gasteiger partial charge in [-0.15, -0.1) is 0 Å². The first-order chi connectivity index (χ1) is 7.30. The number of rotatable bonds is 0. The van der Waals surface area contributed by atoms with Crippen LogP contribution in [0.3, 0.4) is 0 Å². The minimum Gasteiger partial charge on any atom is -0.315 e. The van der Waals surface area contributed by atoms with E-state index in [-0.39, 0.29) is 0 Å². The minimum absolute atomic E-state index is 0.296. The van der Waals surface area contributed by atoms with Gasteiger partial charge in [0.05, 0.1) is 0 Å². The van der Waals surface area contributed by atoms with Crippen LogP contribution in [0.25, 0.3) is 0 Å². The molecule has 2 aliphatic rings. The second kappa shape index (κ2) is 3.08. The van der Waals surface area contributed by atoms with Crippen LogP contribution in [0.1, 0.15) is 17.7 Å². The molecule has 1 aromatic heterocycles. The lowest BCUT2D eigenvalue weighted by Gasteiger charge is -2.00. The van der Waals surface area contributed by atoms with E-state index in [1.807, 2.05) is 12.3 Å². The van der Waals surface area contributed by atoms with Crippen LogP contribution in [0.15, 0.2) is 18.3 Å². The third-order valence-electron chi connectivity index (χ3n) is 3.50. The number of pyridine rings is 1. The molecule has 2 atom stereocenters. The average Bonchev–Trinajstić information content (AvgIpc) is 2.80. The molecule has 15 heavy (non-hydrogen) atoms. The zero-order valence-electron chi connectivity index (χ0n) is 8.88. The van der Waals surface area contributed by atoms with Crippen molar-refractivity contribution in [1.82, 2.24) is 10.3 Å². The van der Waals surface area contributed by atoms with Gasteiger partial charge in [0.2, 0.25) is 0 Å². The molecule has 1 aromatic rings. The van der Waals surface area contributed by atoms with Gasteiger partial charge < -0.3 is 5.32 Å². The van der Waals surface area contributed by atoms with Crippen LogP contribution in [0.2, 0.25) is 0 Å². The van der Waals surface area contributed by atoms with Crippen LogP contribution in [-0.4, -0.2) is 18.1 Å². The maximum atomic E-state index is 4.29. The second-order valence-electron chi connectivity index (χ2n) is 4.61. The maximum absolute atomic E-state index is 4.29. The number of hydrogen-bond acceptors (Lipinski definition) is 2. The van der Waals surface area contributed by atoms with Gasteiger partial charge in [0.1, 0.15) is 5.69 Å². The SMILES string of the molecule is Cc1cccnc1C#CC12CNCC1C2. The molecule has 0 aromatic carbocycles. The molecular weight excluding hydrogens is 184 g/mol. The summed E-state index contributed by atoms with van der Waals surface area (Å²) in [5, 5.41) is 3.39. The van der Waals surface area contributed by atoms with Gasteiger partial charge in [-0.05, 0) is 43.4 Å². The van der Waals surface area contributed by atoms with Gasteiger partial charge in [0.15, 0.2) is 0 Å². The smallest absolute Gasteiger partial charge is 0.116 e. The Morgan fingerprint density at radius 3 is 3.20 bits per heavy atom. The van der Waals surface area contributed by atoms with Gasteiger partial charge in [-0.2, -0.15) is 0 Å². The van der Waals surface area contributed by atoms with Crippen LogP contribution < -0.4 is 5.32 Å². The summed E-state index contributed by atoms with van der Waals surface area (Å²) >= 11 is 0. The van der Waals surface area contributed by atoms with Crippen molar-refractivity contribution < 1.29 is 0 Å². The zero-order chi connectivity index (χ0) is 10.3. The van der Waals surface area contributed by atoms with Crippen molar-refractivity contribution >= 4 is 0 Å². The summed E-state index contributed by atoms with van der Waals surface area (Å²) in [6.45, 7) is 4.28. The first-order valence-corrected chi connectivity index (χ1v) is 5.46. The van der Waals surface area contributed by atoms with E-state index in [4.69, 9.17) is 0 Å². The largest absolute Gasteiger partial charge is 0.315 e. The van der Waals surface area contributed by atoms with E-state index in [1.54, 1.807) is 0 Å². The van der Waals surface area contributed by atoms with Crippen molar-refractivity contribution in [3.05, 3.63) is 29.6 Å². The molecule has 1 N–H and O–H groups in total. The van der Waals surface area contributed by atoms with Gasteiger partial charge in [-0.3, -0.25) is 0 Å². The van der Waals surface area contributed by atoms with Gasteiger partial charge in [0.25, 0.3) is 0 Å². The molecule has 2 heteroatoms. The highest BCUT2D eigenvalue weighted by molar-refractivity contribution is 5.39. The van der Waals surface area contributed by atoms with Gasteiger partial charge in [-0.1, -0.05) is 12.0 Å². The molecule has 1 aliphatic carbocycles. The van der Waals surface area contributed by atoms with Gasteiger partial charge in [0, 0.05) is 18.2 Å². The van der Waals surface area contributed by atoms with E-state index < -0.39 is 0 Å². The number of nitrogens with zero attached hydrogens (tertiary/aromatic N) is 1. The summed E-state index contributed by atoms with van der Waals surface area (Å²) < 4.78 is 0. The van der Waals surface area contributed by atoms with Gasteiger partial charge in [-0.25, -0.2) is 4.98 Å². The molecule has 2 nitrogen and oxygen atoms in total. The van der Waals surface area contributed by atoms with Crippen molar-refractivity contribution in [1.29, 1.82) is 0 Å². The van der Waals surface area contributed by atoms with E-state index in [0.29, 0.717) is 5.41 Å². The number of fused-ring (bicyclic) bond motifs is 1. The molecule has 1 saturated carbocycles. The van der Waals surface area contributed by atoms with Crippen LogP contribution in [0.4, 0.5) is 0 Å². The standard InChI is InChI=1S/C13H14N2/c1-10-3-2-6-15-12(10)4-5-13-7-11(13)8-14-9-13/h2-3,6,11,14H,7-9H2,1H3. The Labute approximate surface area is 90.1 Å². The van der Waals surface area contributed by atoms with Crippen molar-refractivity contribution in [2.24, 2.45) is 11.3 Å². The Bertz CT molecular complexity index is 455. The van der Waals surface area contributed by atoms with E-state index in [2.05, 4.69) is 35.1 Å². The number of nitrogens with one attached hydrogen (secondary N) is 1. The van der Waals surface area contributed by atoms with Crippen molar-refractivity contribution in [2.75, 3.05) is 13.1 Å². The molecule has 76 valence electrons. The zero-order valence-corrected chi connectivity index (χ0v) is 8.88. The number of aromatic nitrogens is 1. The summed E-state index contributed by atoms with van der Waals surface area (Å²) in [5.41, 5.74) is 2.40. The molecule has 0 bridgehead atoms. The van der Waals surface area contributed by atoms with Crippen LogP contribution in [0, 0.1) is 30.1 Å². The van der Waals surface area contributed by atoms with Crippen LogP contribution in [-0.2, 0) is 0 Å². The highest BCUT2D eigenvalue weighted by Gasteiger charge is 2.56. The molecule has 0 spiro atoms. The summed E-state index contributed by atoms with van der Waals surface area (Å²) in [6, 6.07) is 4.02. The van der Waals surface area contributed by atoms with Crippen LogP contribution >= 0.6 is 0 Å². The summed E-state index contributed by atoms with van der Waals surface area (Å²) in [6.07, 6.45) is 3.09. The third kappa shape index (κ3) is 1.44. The predicted molar refractivity (Wildman–Crippen MR) is 59.3 cm³/mol. The predicted octanol–water partition coefficient (Wildman–Crippen LogP) is 1.35. The fraction of sp³-hybridized carbons (Fsp3) is 0.462. The first-order valence-electron chi connectivity index (χ1n) is 5.46. The Kier molecular flexibility index (Phi) is 1.83. The molecule has 1 aliphatic heterocycles. The Balaban J connectivity index is 1.87.